The number of pyridine rings is 1. The fourth-order valence-electron chi connectivity index (χ4n) is 1.92. The van der Waals surface area contributed by atoms with Crippen molar-refractivity contribution >= 4 is 38.8 Å². The van der Waals surface area contributed by atoms with E-state index in [1.165, 1.54) is 4.57 Å². The van der Waals surface area contributed by atoms with Crippen molar-refractivity contribution in [3.05, 3.63) is 57.6 Å². The second kappa shape index (κ2) is 5.53. The topological polar surface area (TPSA) is 77.1 Å². The standard InChI is InChI=1S/C14H10BrN3O3/c15-9-3-5-10(6-4-9)17-12(19)8-18-13-11(21-14(18)20)2-1-7-16-13/h1-7H,8H2,(H,17,19). The smallest absolute Gasteiger partial charge is 0.406 e. The predicted molar refractivity (Wildman–Crippen MR) is 81.0 cm³/mol. The number of hydrogen-bond acceptors (Lipinski definition) is 4. The summed E-state index contributed by atoms with van der Waals surface area (Å²) in [7, 11) is 0. The number of halogens is 1. The molecule has 7 heteroatoms. The highest BCUT2D eigenvalue weighted by Gasteiger charge is 2.13. The Kier molecular flexibility index (Phi) is 3.57. The second-order valence-electron chi connectivity index (χ2n) is 4.33. The Morgan fingerprint density at radius 1 is 1.29 bits per heavy atom. The van der Waals surface area contributed by atoms with Crippen LogP contribution >= 0.6 is 15.9 Å². The Balaban J connectivity index is 1.82. The number of fused-ring (bicyclic) bond motifs is 1. The van der Waals surface area contributed by atoms with Gasteiger partial charge in [0.2, 0.25) is 5.91 Å². The number of carbonyl (C=O) groups excluding carboxylic acids is 1. The van der Waals surface area contributed by atoms with Crippen LogP contribution in [0.25, 0.3) is 11.2 Å². The molecule has 21 heavy (non-hydrogen) atoms. The lowest BCUT2D eigenvalue weighted by atomic mass is 10.3. The summed E-state index contributed by atoms with van der Waals surface area (Å²) in [5.41, 5.74) is 1.37. The van der Waals surface area contributed by atoms with Crippen LogP contribution in [0.15, 0.2) is 56.3 Å². The van der Waals surface area contributed by atoms with Crippen LogP contribution in [-0.4, -0.2) is 15.5 Å². The second-order valence-corrected chi connectivity index (χ2v) is 5.25. The molecule has 0 aliphatic carbocycles. The summed E-state index contributed by atoms with van der Waals surface area (Å²) in [5.74, 6) is -0.928. The number of benzene rings is 1. The maximum absolute atomic E-state index is 12.0. The van der Waals surface area contributed by atoms with E-state index >= 15 is 0 Å². The van der Waals surface area contributed by atoms with Gasteiger partial charge in [-0.15, -0.1) is 0 Å². The quantitative estimate of drug-likeness (QED) is 0.789. The monoisotopic (exact) mass is 347 g/mol. The first-order valence-electron chi connectivity index (χ1n) is 6.13. The van der Waals surface area contributed by atoms with Gasteiger partial charge in [0.15, 0.2) is 11.2 Å². The zero-order chi connectivity index (χ0) is 14.8. The summed E-state index contributed by atoms with van der Waals surface area (Å²) in [6.45, 7) is -0.154. The van der Waals surface area contributed by atoms with Crippen LogP contribution < -0.4 is 11.1 Å². The number of amides is 1. The molecular formula is C14H10BrN3O3. The molecule has 3 aromatic rings. The van der Waals surface area contributed by atoms with Gasteiger partial charge in [0.05, 0.1) is 0 Å². The van der Waals surface area contributed by atoms with Gasteiger partial charge in [-0.2, -0.15) is 0 Å². The first kappa shape index (κ1) is 13.6. The van der Waals surface area contributed by atoms with E-state index in [2.05, 4.69) is 26.2 Å². The van der Waals surface area contributed by atoms with Gasteiger partial charge in [0, 0.05) is 16.4 Å². The first-order valence-corrected chi connectivity index (χ1v) is 6.92. The Hall–Kier alpha value is -2.41. The van der Waals surface area contributed by atoms with Crippen molar-refractivity contribution in [3.63, 3.8) is 0 Å². The minimum atomic E-state index is -0.602. The third-order valence-corrected chi connectivity index (χ3v) is 3.38. The maximum Gasteiger partial charge on any atom is 0.421 e. The molecule has 0 saturated carbocycles. The minimum absolute atomic E-state index is 0.154. The zero-order valence-corrected chi connectivity index (χ0v) is 12.3. The summed E-state index contributed by atoms with van der Waals surface area (Å²) >= 11 is 3.32. The third-order valence-electron chi connectivity index (χ3n) is 2.85. The molecule has 3 rings (SSSR count). The molecule has 0 aliphatic rings. The van der Waals surface area contributed by atoms with Crippen molar-refractivity contribution in [2.45, 2.75) is 6.54 Å². The van der Waals surface area contributed by atoms with E-state index < -0.39 is 5.76 Å². The SMILES string of the molecule is O=C(Cn1c(=O)oc2cccnc21)Nc1ccc(Br)cc1. The third kappa shape index (κ3) is 2.87. The van der Waals surface area contributed by atoms with E-state index in [1.54, 1.807) is 30.5 Å². The first-order chi connectivity index (χ1) is 10.1. The molecule has 2 heterocycles. The highest BCUT2D eigenvalue weighted by atomic mass is 79.9. The van der Waals surface area contributed by atoms with Crippen LogP contribution in [0.1, 0.15) is 0 Å². The van der Waals surface area contributed by atoms with Crippen LogP contribution in [0.3, 0.4) is 0 Å². The largest absolute Gasteiger partial charge is 0.421 e. The average molecular weight is 348 g/mol. The number of nitrogens with one attached hydrogen (secondary N) is 1. The molecule has 0 spiro atoms. The lowest BCUT2D eigenvalue weighted by Crippen LogP contribution is -2.25. The van der Waals surface area contributed by atoms with Crippen LogP contribution in [0.4, 0.5) is 5.69 Å². The molecule has 0 atom stereocenters. The fraction of sp³-hybridized carbons (Fsp3) is 0.0714. The molecular weight excluding hydrogens is 338 g/mol. The van der Waals surface area contributed by atoms with Gasteiger partial charge in [0.1, 0.15) is 6.54 Å². The van der Waals surface area contributed by atoms with Crippen molar-refractivity contribution in [2.75, 3.05) is 5.32 Å². The Morgan fingerprint density at radius 2 is 2.05 bits per heavy atom. The Morgan fingerprint density at radius 3 is 2.81 bits per heavy atom. The zero-order valence-electron chi connectivity index (χ0n) is 10.7. The normalized spacial score (nSPS) is 10.7. The summed E-state index contributed by atoms with van der Waals surface area (Å²) in [6.07, 6.45) is 1.54. The van der Waals surface area contributed by atoms with Crippen LogP contribution in [0.5, 0.6) is 0 Å². The molecule has 0 saturated heterocycles. The highest BCUT2D eigenvalue weighted by Crippen LogP contribution is 2.14. The lowest BCUT2D eigenvalue weighted by molar-refractivity contribution is -0.116. The van der Waals surface area contributed by atoms with E-state index in [4.69, 9.17) is 4.42 Å². The molecule has 0 radical (unpaired) electrons. The summed E-state index contributed by atoms with van der Waals surface area (Å²) in [4.78, 5) is 27.8. The molecule has 6 nitrogen and oxygen atoms in total. The molecule has 0 unspecified atom stereocenters. The van der Waals surface area contributed by atoms with Crippen LogP contribution in [0.2, 0.25) is 0 Å². The lowest BCUT2D eigenvalue weighted by Gasteiger charge is -2.05. The van der Waals surface area contributed by atoms with Crippen molar-refractivity contribution in [3.8, 4) is 0 Å². The summed E-state index contributed by atoms with van der Waals surface area (Å²) in [6, 6.07) is 10.4. The van der Waals surface area contributed by atoms with E-state index in [9.17, 15) is 9.59 Å². The van der Waals surface area contributed by atoms with Crippen molar-refractivity contribution in [1.29, 1.82) is 0 Å². The highest BCUT2D eigenvalue weighted by molar-refractivity contribution is 9.10. The minimum Gasteiger partial charge on any atom is -0.406 e. The van der Waals surface area contributed by atoms with Gasteiger partial charge >= 0.3 is 5.76 Å². The molecule has 106 valence electrons. The van der Waals surface area contributed by atoms with Gasteiger partial charge in [0.25, 0.3) is 0 Å². The number of carbonyl (C=O) groups is 1. The van der Waals surface area contributed by atoms with Gasteiger partial charge < -0.3 is 9.73 Å². The summed E-state index contributed by atoms with van der Waals surface area (Å²) < 4.78 is 7.14. The van der Waals surface area contributed by atoms with Gasteiger partial charge in [-0.3, -0.25) is 4.79 Å². The van der Waals surface area contributed by atoms with Crippen molar-refractivity contribution in [1.82, 2.24) is 9.55 Å². The summed E-state index contributed by atoms with van der Waals surface area (Å²) in [5, 5.41) is 2.71. The molecule has 2 aromatic heterocycles. The molecule has 1 aromatic carbocycles. The van der Waals surface area contributed by atoms with E-state index in [0.29, 0.717) is 16.9 Å². The molecule has 0 aliphatic heterocycles. The molecule has 0 fully saturated rings. The predicted octanol–water partition coefficient (Wildman–Crippen LogP) is 2.39. The Bertz CT molecular complexity index is 852. The average Bonchev–Trinajstić information content (AvgIpc) is 2.78. The van der Waals surface area contributed by atoms with E-state index in [1.807, 2.05) is 12.1 Å². The number of nitrogens with zero attached hydrogens (tertiary/aromatic N) is 2. The van der Waals surface area contributed by atoms with E-state index in [0.717, 1.165) is 4.47 Å². The Labute approximate surface area is 127 Å². The number of rotatable bonds is 3. The van der Waals surface area contributed by atoms with Gasteiger partial charge in [-0.1, -0.05) is 15.9 Å². The van der Waals surface area contributed by atoms with Gasteiger partial charge in [-0.05, 0) is 36.4 Å². The maximum atomic E-state index is 12.0. The van der Waals surface area contributed by atoms with Gasteiger partial charge in [-0.25, -0.2) is 14.3 Å². The molecule has 0 bridgehead atoms. The van der Waals surface area contributed by atoms with E-state index in [-0.39, 0.29) is 12.5 Å². The number of anilines is 1. The van der Waals surface area contributed by atoms with Crippen LogP contribution in [0, 0.1) is 0 Å². The van der Waals surface area contributed by atoms with Crippen molar-refractivity contribution in [2.24, 2.45) is 0 Å². The van der Waals surface area contributed by atoms with Crippen LogP contribution in [-0.2, 0) is 11.3 Å². The van der Waals surface area contributed by atoms with Crippen molar-refractivity contribution < 1.29 is 9.21 Å². The fourth-order valence-corrected chi connectivity index (χ4v) is 2.18. The molecule has 1 N–H and O–H groups in total. The molecule has 1 amide bonds. The number of hydrogen-bond donors (Lipinski definition) is 1. The number of oxazole rings is 1. The number of aromatic nitrogens is 2.